The van der Waals surface area contributed by atoms with Crippen LogP contribution in [0.5, 0.6) is 0 Å². The van der Waals surface area contributed by atoms with Crippen molar-refractivity contribution in [3.05, 3.63) is 47.8 Å². The molecule has 1 fully saturated rings. The summed E-state index contributed by atoms with van der Waals surface area (Å²) < 4.78 is 0. The van der Waals surface area contributed by atoms with Crippen molar-refractivity contribution in [2.75, 3.05) is 43.6 Å². The molecule has 1 aromatic carbocycles. The van der Waals surface area contributed by atoms with Gasteiger partial charge in [-0.05, 0) is 37.5 Å². The molecule has 1 aliphatic heterocycles. The smallest absolute Gasteiger partial charge is 0.253 e. The van der Waals surface area contributed by atoms with Gasteiger partial charge in [0.05, 0.1) is 12.6 Å². The molecule has 2 heterocycles. The molecule has 0 saturated carbocycles. The second-order valence-corrected chi connectivity index (χ2v) is 7.32. The average Bonchev–Trinajstić information content (AvgIpc) is 3.21. The van der Waals surface area contributed by atoms with Gasteiger partial charge in [0, 0.05) is 45.4 Å². The Morgan fingerprint density at radius 3 is 2.64 bits per heavy atom. The molecule has 28 heavy (non-hydrogen) atoms. The molecule has 0 aliphatic carbocycles. The number of hydrogen-bond donors (Lipinski definition) is 1. The van der Waals surface area contributed by atoms with Gasteiger partial charge in [-0.2, -0.15) is 0 Å². The Kier molecular flexibility index (Phi) is 6.46. The minimum absolute atomic E-state index is 0.00314. The van der Waals surface area contributed by atoms with Crippen LogP contribution < -0.4 is 9.80 Å². The van der Waals surface area contributed by atoms with Gasteiger partial charge in [0.25, 0.3) is 5.91 Å². The number of carbonyl (C=O) groups excluding carboxylic acids is 1. The molecule has 7 nitrogen and oxygen atoms in total. The largest absolute Gasteiger partial charge is 0.394 e. The molecule has 2 aromatic rings. The SMILES string of the molecule is CCN(Cc1ccc(C(=O)N(C)C)cc1)c1cc(N2CCCC2CO)ncn1. The van der Waals surface area contributed by atoms with E-state index in [-0.39, 0.29) is 18.6 Å². The third kappa shape index (κ3) is 4.42. The van der Waals surface area contributed by atoms with Crippen molar-refractivity contribution in [3.8, 4) is 0 Å². The number of nitrogens with zero attached hydrogens (tertiary/aromatic N) is 5. The second-order valence-electron chi connectivity index (χ2n) is 7.32. The predicted octanol–water partition coefficient (Wildman–Crippen LogP) is 2.17. The quantitative estimate of drug-likeness (QED) is 0.790. The van der Waals surface area contributed by atoms with E-state index in [1.807, 2.05) is 30.3 Å². The summed E-state index contributed by atoms with van der Waals surface area (Å²) in [6.07, 6.45) is 3.66. The van der Waals surface area contributed by atoms with Crippen LogP contribution in [0.25, 0.3) is 0 Å². The van der Waals surface area contributed by atoms with Gasteiger partial charge in [0.15, 0.2) is 0 Å². The first-order valence-electron chi connectivity index (χ1n) is 9.78. The molecule has 7 heteroatoms. The van der Waals surface area contributed by atoms with Crippen LogP contribution in [-0.2, 0) is 6.54 Å². The van der Waals surface area contributed by atoms with Gasteiger partial charge < -0.3 is 19.8 Å². The highest BCUT2D eigenvalue weighted by atomic mass is 16.3. The highest BCUT2D eigenvalue weighted by Crippen LogP contribution is 2.26. The Labute approximate surface area is 166 Å². The fraction of sp³-hybridized carbons (Fsp3) is 0.476. The minimum Gasteiger partial charge on any atom is -0.394 e. The summed E-state index contributed by atoms with van der Waals surface area (Å²) >= 11 is 0. The van der Waals surface area contributed by atoms with Crippen LogP contribution in [0.3, 0.4) is 0 Å². The maximum absolute atomic E-state index is 12.0. The molecule has 1 aromatic heterocycles. The summed E-state index contributed by atoms with van der Waals surface area (Å²) in [6.45, 7) is 4.66. The first kappa shape index (κ1) is 20.1. The van der Waals surface area contributed by atoms with Crippen LogP contribution in [0, 0.1) is 0 Å². The van der Waals surface area contributed by atoms with E-state index in [0.29, 0.717) is 12.1 Å². The van der Waals surface area contributed by atoms with Crippen LogP contribution in [-0.4, -0.2) is 65.7 Å². The summed E-state index contributed by atoms with van der Waals surface area (Å²) in [6, 6.07) is 9.86. The summed E-state index contributed by atoms with van der Waals surface area (Å²) in [5.41, 5.74) is 1.80. The molecular weight excluding hydrogens is 354 g/mol. The summed E-state index contributed by atoms with van der Waals surface area (Å²) in [5, 5.41) is 9.59. The lowest BCUT2D eigenvalue weighted by molar-refractivity contribution is 0.0827. The molecule has 1 atom stereocenters. The van der Waals surface area contributed by atoms with Gasteiger partial charge in [0.2, 0.25) is 0 Å². The average molecular weight is 383 g/mol. The van der Waals surface area contributed by atoms with E-state index in [1.165, 1.54) is 0 Å². The number of aromatic nitrogens is 2. The van der Waals surface area contributed by atoms with Crippen molar-refractivity contribution >= 4 is 17.5 Å². The number of amides is 1. The van der Waals surface area contributed by atoms with Crippen molar-refractivity contribution in [2.45, 2.75) is 32.4 Å². The van der Waals surface area contributed by atoms with Crippen LogP contribution in [0.4, 0.5) is 11.6 Å². The maximum Gasteiger partial charge on any atom is 0.253 e. The van der Waals surface area contributed by atoms with Crippen molar-refractivity contribution in [1.29, 1.82) is 0 Å². The Hall–Kier alpha value is -2.67. The Morgan fingerprint density at radius 2 is 2.00 bits per heavy atom. The zero-order chi connectivity index (χ0) is 20.1. The lowest BCUT2D eigenvalue weighted by atomic mass is 10.1. The monoisotopic (exact) mass is 383 g/mol. The van der Waals surface area contributed by atoms with E-state index < -0.39 is 0 Å². The van der Waals surface area contributed by atoms with Gasteiger partial charge >= 0.3 is 0 Å². The molecule has 1 N–H and O–H groups in total. The number of benzene rings is 1. The van der Waals surface area contributed by atoms with Gasteiger partial charge in [-0.3, -0.25) is 4.79 Å². The number of anilines is 2. The molecule has 0 bridgehead atoms. The number of hydrogen-bond acceptors (Lipinski definition) is 6. The third-order valence-corrected chi connectivity index (χ3v) is 5.21. The topological polar surface area (TPSA) is 72.8 Å². The van der Waals surface area contributed by atoms with Crippen molar-refractivity contribution in [2.24, 2.45) is 0 Å². The molecule has 150 valence electrons. The molecule has 0 radical (unpaired) electrons. The minimum atomic E-state index is 0.00314. The Morgan fingerprint density at radius 1 is 1.25 bits per heavy atom. The van der Waals surface area contributed by atoms with Crippen LogP contribution >= 0.6 is 0 Å². The van der Waals surface area contributed by atoms with E-state index in [0.717, 1.165) is 43.1 Å². The third-order valence-electron chi connectivity index (χ3n) is 5.21. The van der Waals surface area contributed by atoms with E-state index in [2.05, 4.69) is 26.7 Å². The lowest BCUT2D eigenvalue weighted by Gasteiger charge is -2.27. The molecule has 3 rings (SSSR count). The standard InChI is InChI=1S/C21H29N5O2/c1-4-25(13-16-7-9-17(10-8-16)21(28)24(2)3)19-12-20(23-15-22-19)26-11-5-6-18(26)14-27/h7-10,12,15,18,27H,4-6,11,13-14H2,1-3H3. The number of carbonyl (C=O) groups is 1. The van der Waals surface area contributed by atoms with Crippen LogP contribution in [0.2, 0.25) is 0 Å². The molecule has 1 amide bonds. The van der Waals surface area contributed by atoms with Gasteiger partial charge in [-0.1, -0.05) is 12.1 Å². The highest BCUT2D eigenvalue weighted by molar-refractivity contribution is 5.93. The summed E-state index contributed by atoms with van der Waals surface area (Å²) in [4.78, 5) is 26.9. The molecule has 1 saturated heterocycles. The molecular formula is C21H29N5O2. The van der Waals surface area contributed by atoms with Crippen molar-refractivity contribution in [1.82, 2.24) is 14.9 Å². The van der Waals surface area contributed by atoms with E-state index >= 15 is 0 Å². The van der Waals surface area contributed by atoms with Crippen molar-refractivity contribution in [3.63, 3.8) is 0 Å². The van der Waals surface area contributed by atoms with Gasteiger partial charge in [-0.15, -0.1) is 0 Å². The first-order valence-corrected chi connectivity index (χ1v) is 9.78. The summed E-state index contributed by atoms with van der Waals surface area (Å²) in [5.74, 6) is 1.74. The first-order chi connectivity index (χ1) is 13.5. The Balaban J connectivity index is 1.75. The normalized spacial score (nSPS) is 16.3. The molecule has 1 aliphatic rings. The van der Waals surface area contributed by atoms with Gasteiger partial charge in [-0.25, -0.2) is 9.97 Å². The fourth-order valence-corrected chi connectivity index (χ4v) is 3.58. The van der Waals surface area contributed by atoms with Gasteiger partial charge in [0.1, 0.15) is 18.0 Å². The Bertz CT molecular complexity index is 794. The van der Waals surface area contributed by atoms with E-state index in [9.17, 15) is 9.90 Å². The van der Waals surface area contributed by atoms with Crippen molar-refractivity contribution < 1.29 is 9.90 Å². The molecule has 1 unspecified atom stereocenters. The summed E-state index contributed by atoms with van der Waals surface area (Å²) in [7, 11) is 3.51. The van der Waals surface area contributed by atoms with Crippen LogP contribution in [0.15, 0.2) is 36.7 Å². The zero-order valence-corrected chi connectivity index (χ0v) is 16.9. The van der Waals surface area contributed by atoms with Crippen LogP contribution in [0.1, 0.15) is 35.7 Å². The fourth-order valence-electron chi connectivity index (χ4n) is 3.58. The second kappa shape index (κ2) is 9.01. The zero-order valence-electron chi connectivity index (χ0n) is 16.9. The predicted molar refractivity (Wildman–Crippen MR) is 111 cm³/mol. The highest BCUT2D eigenvalue weighted by Gasteiger charge is 2.25. The number of aliphatic hydroxyl groups is 1. The molecule has 0 spiro atoms. The lowest BCUT2D eigenvalue weighted by Crippen LogP contribution is -2.33. The number of rotatable bonds is 7. The maximum atomic E-state index is 12.0. The number of aliphatic hydroxyl groups excluding tert-OH is 1. The van der Waals surface area contributed by atoms with E-state index in [4.69, 9.17) is 0 Å². The van der Waals surface area contributed by atoms with E-state index in [1.54, 1.807) is 25.3 Å².